The van der Waals surface area contributed by atoms with Crippen molar-refractivity contribution in [1.29, 1.82) is 0 Å². The lowest BCUT2D eigenvalue weighted by Crippen LogP contribution is -2.54. The molecule has 0 fully saturated rings. The topological polar surface area (TPSA) is 91.3 Å². The summed E-state index contributed by atoms with van der Waals surface area (Å²) in [5.74, 6) is -1.03. The smallest absolute Gasteiger partial charge is 0.329 e. The molecule has 0 radical (unpaired) electrons. The Morgan fingerprint density at radius 3 is 2.67 bits per heavy atom. The van der Waals surface area contributed by atoms with E-state index in [9.17, 15) is 14.7 Å². The largest absolute Gasteiger partial charge is 0.480 e. The molecule has 2 aromatic rings. The van der Waals surface area contributed by atoms with Gasteiger partial charge in [-0.15, -0.1) is 11.3 Å². The van der Waals surface area contributed by atoms with Crippen LogP contribution in [0.3, 0.4) is 0 Å². The molecule has 7 heteroatoms. The molecule has 0 aliphatic rings. The maximum atomic E-state index is 12.0. The predicted molar refractivity (Wildman–Crippen MR) is 82.7 cm³/mol. The zero-order valence-corrected chi connectivity index (χ0v) is 12.7. The fraction of sp³-hybridized carbons (Fsp3) is 0.357. The highest BCUT2D eigenvalue weighted by molar-refractivity contribution is 7.16. The molecule has 112 valence electrons. The molecular formula is C14H17N3O3S. The number of nitrogens with one attached hydrogen (secondary N) is 2. The highest BCUT2D eigenvalue weighted by Gasteiger charge is 2.36. The van der Waals surface area contributed by atoms with Crippen LogP contribution >= 0.6 is 11.3 Å². The molecule has 0 saturated heterocycles. The molecule has 1 heterocycles. The molecule has 0 unspecified atom stereocenters. The van der Waals surface area contributed by atoms with Crippen LogP contribution in [-0.4, -0.2) is 27.6 Å². The molecule has 21 heavy (non-hydrogen) atoms. The molecule has 0 spiro atoms. The number of hydrogen-bond donors (Lipinski definition) is 3. The summed E-state index contributed by atoms with van der Waals surface area (Å²) in [6, 6.07) is 4.84. The standard InChI is InChI=1S/C14H17N3O3S/c1-3-14(4-2,12(18)19)17-13(20)16-9-5-6-10-11(7-9)21-8-15-10/h5-8H,3-4H2,1-2H3,(H,18,19)(H2,16,17,20). The molecule has 0 aliphatic carbocycles. The van der Waals surface area contributed by atoms with Gasteiger partial charge in [-0.25, -0.2) is 14.6 Å². The summed E-state index contributed by atoms with van der Waals surface area (Å²) in [5.41, 5.74) is 1.97. The number of carboxylic acids is 1. The third-order valence-corrected chi connectivity index (χ3v) is 4.35. The number of thiazole rings is 1. The van der Waals surface area contributed by atoms with Gasteiger partial charge in [-0.05, 0) is 31.0 Å². The van der Waals surface area contributed by atoms with Gasteiger partial charge in [-0.3, -0.25) is 0 Å². The molecule has 0 bridgehead atoms. The number of nitrogens with zero attached hydrogens (tertiary/aromatic N) is 1. The molecule has 6 nitrogen and oxygen atoms in total. The Kier molecular flexibility index (Phi) is 4.42. The highest BCUT2D eigenvalue weighted by Crippen LogP contribution is 2.22. The number of fused-ring (bicyclic) bond motifs is 1. The van der Waals surface area contributed by atoms with Crippen molar-refractivity contribution in [3.63, 3.8) is 0 Å². The first-order chi connectivity index (χ1) is 10.0. The Bertz CT molecular complexity index is 664. The summed E-state index contributed by atoms with van der Waals surface area (Å²) in [4.78, 5) is 27.5. The first-order valence-electron chi connectivity index (χ1n) is 6.66. The van der Waals surface area contributed by atoms with E-state index < -0.39 is 17.5 Å². The second-order valence-electron chi connectivity index (χ2n) is 4.71. The Morgan fingerprint density at radius 2 is 2.05 bits per heavy atom. The Hall–Kier alpha value is -2.15. The van der Waals surface area contributed by atoms with E-state index in [1.807, 2.05) is 12.1 Å². The number of urea groups is 1. The van der Waals surface area contributed by atoms with E-state index in [0.29, 0.717) is 18.5 Å². The Morgan fingerprint density at radius 1 is 1.33 bits per heavy atom. The van der Waals surface area contributed by atoms with Gasteiger partial charge in [0, 0.05) is 5.69 Å². The van der Waals surface area contributed by atoms with E-state index >= 15 is 0 Å². The number of carbonyl (C=O) groups excluding carboxylic acids is 1. The fourth-order valence-corrected chi connectivity index (χ4v) is 2.81. The lowest BCUT2D eigenvalue weighted by Gasteiger charge is -2.28. The molecule has 2 rings (SSSR count). The van der Waals surface area contributed by atoms with Crippen LogP contribution in [0.2, 0.25) is 0 Å². The van der Waals surface area contributed by atoms with Crippen LogP contribution in [0, 0.1) is 0 Å². The molecular weight excluding hydrogens is 290 g/mol. The number of rotatable bonds is 5. The summed E-state index contributed by atoms with van der Waals surface area (Å²) in [6.07, 6.45) is 0.639. The van der Waals surface area contributed by atoms with Gasteiger partial charge in [0.2, 0.25) is 0 Å². The third-order valence-electron chi connectivity index (χ3n) is 3.56. The van der Waals surface area contributed by atoms with E-state index in [1.54, 1.807) is 25.4 Å². The van der Waals surface area contributed by atoms with E-state index in [4.69, 9.17) is 0 Å². The van der Waals surface area contributed by atoms with Gasteiger partial charge < -0.3 is 15.7 Å². The summed E-state index contributed by atoms with van der Waals surface area (Å²) in [6.45, 7) is 3.47. The van der Waals surface area contributed by atoms with Gasteiger partial charge in [0.05, 0.1) is 15.7 Å². The van der Waals surface area contributed by atoms with Crippen molar-refractivity contribution in [2.45, 2.75) is 32.2 Å². The number of amides is 2. The zero-order valence-electron chi connectivity index (χ0n) is 11.8. The van der Waals surface area contributed by atoms with E-state index in [1.165, 1.54) is 11.3 Å². The number of aromatic nitrogens is 1. The van der Waals surface area contributed by atoms with E-state index in [-0.39, 0.29) is 0 Å². The van der Waals surface area contributed by atoms with Crippen molar-refractivity contribution < 1.29 is 14.7 Å². The first-order valence-corrected chi connectivity index (χ1v) is 7.54. The van der Waals surface area contributed by atoms with Crippen molar-refractivity contribution in [3.8, 4) is 0 Å². The Labute approximate surface area is 126 Å². The number of aliphatic carboxylic acids is 1. The maximum Gasteiger partial charge on any atom is 0.329 e. The van der Waals surface area contributed by atoms with Crippen LogP contribution in [0.5, 0.6) is 0 Å². The van der Waals surface area contributed by atoms with Crippen molar-refractivity contribution in [1.82, 2.24) is 10.3 Å². The highest BCUT2D eigenvalue weighted by atomic mass is 32.1. The zero-order chi connectivity index (χ0) is 15.5. The van der Waals surface area contributed by atoms with E-state index in [0.717, 1.165) is 10.2 Å². The molecule has 3 N–H and O–H groups in total. The number of carboxylic acid groups (broad SMARTS) is 1. The van der Waals surface area contributed by atoms with Gasteiger partial charge >= 0.3 is 12.0 Å². The third kappa shape index (κ3) is 3.13. The van der Waals surface area contributed by atoms with Crippen LogP contribution in [0.1, 0.15) is 26.7 Å². The van der Waals surface area contributed by atoms with Crippen LogP contribution in [0.15, 0.2) is 23.7 Å². The van der Waals surface area contributed by atoms with Crippen LogP contribution in [0.4, 0.5) is 10.5 Å². The molecule has 1 aromatic carbocycles. The minimum absolute atomic E-state index is 0.320. The van der Waals surface area contributed by atoms with Crippen LogP contribution in [-0.2, 0) is 4.79 Å². The number of hydrogen-bond acceptors (Lipinski definition) is 4. The van der Waals surface area contributed by atoms with Gasteiger partial charge in [0.1, 0.15) is 5.54 Å². The van der Waals surface area contributed by atoms with Crippen molar-refractivity contribution in [2.24, 2.45) is 0 Å². The summed E-state index contributed by atoms with van der Waals surface area (Å²) in [7, 11) is 0. The van der Waals surface area contributed by atoms with Gasteiger partial charge in [0.25, 0.3) is 0 Å². The predicted octanol–water partition coefficient (Wildman–Crippen LogP) is 3.06. The van der Waals surface area contributed by atoms with Crippen LogP contribution in [0.25, 0.3) is 10.2 Å². The molecule has 0 aliphatic heterocycles. The number of benzene rings is 1. The lowest BCUT2D eigenvalue weighted by molar-refractivity contribution is -0.144. The fourth-order valence-electron chi connectivity index (χ4n) is 2.10. The monoisotopic (exact) mass is 307 g/mol. The van der Waals surface area contributed by atoms with Gasteiger partial charge in [-0.1, -0.05) is 13.8 Å². The minimum Gasteiger partial charge on any atom is -0.480 e. The second kappa shape index (κ2) is 6.09. The van der Waals surface area contributed by atoms with Crippen molar-refractivity contribution in [3.05, 3.63) is 23.7 Å². The lowest BCUT2D eigenvalue weighted by atomic mass is 9.93. The van der Waals surface area contributed by atoms with Crippen molar-refractivity contribution in [2.75, 3.05) is 5.32 Å². The Balaban J connectivity index is 2.11. The average molecular weight is 307 g/mol. The first kappa shape index (κ1) is 15.2. The minimum atomic E-state index is -1.24. The van der Waals surface area contributed by atoms with Crippen molar-refractivity contribution >= 4 is 39.2 Å². The number of anilines is 1. The molecule has 1 aromatic heterocycles. The summed E-state index contributed by atoms with van der Waals surface area (Å²) < 4.78 is 0.961. The maximum absolute atomic E-state index is 12.0. The summed E-state index contributed by atoms with van der Waals surface area (Å²) in [5, 5.41) is 14.5. The second-order valence-corrected chi connectivity index (χ2v) is 5.59. The quantitative estimate of drug-likeness (QED) is 0.791. The average Bonchev–Trinajstić information content (AvgIpc) is 2.92. The van der Waals surface area contributed by atoms with E-state index in [2.05, 4.69) is 15.6 Å². The molecule has 0 atom stereocenters. The van der Waals surface area contributed by atoms with Crippen LogP contribution < -0.4 is 10.6 Å². The molecule has 0 saturated carbocycles. The normalized spacial score (nSPS) is 11.3. The van der Waals surface area contributed by atoms with Gasteiger partial charge in [-0.2, -0.15) is 0 Å². The molecule has 2 amide bonds. The summed E-state index contributed by atoms with van der Waals surface area (Å²) >= 11 is 1.48. The SMILES string of the molecule is CCC(CC)(NC(=O)Nc1ccc2ncsc2c1)C(=O)O. The number of carbonyl (C=O) groups is 2. The van der Waals surface area contributed by atoms with Gasteiger partial charge in [0.15, 0.2) is 0 Å².